The van der Waals surface area contributed by atoms with Gasteiger partial charge in [0.2, 0.25) is 0 Å². The Morgan fingerprint density at radius 3 is 1.68 bits per heavy atom. The van der Waals surface area contributed by atoms with Crippen LogP contribution in [0, 0.1) is 0 Å². The van der Waals surface area contributed by atoms with E-state index in [2.05, 4.69) is 29.9 Å². The summed E-state index contributed by atoms with van der Waals surface area (Å²) in [4.78, 5) is 24.6. The average Bonchev–Trinajstić information content (AvgIpc) is 3.40. The van der Waals surface area contributed by atoms with E-state index in [0.29, 0.717) is 47.1 Å². The zero-order valence-electron chi connectivity index (χ0n) is 18.6. The molecule has 4 rings (SSSR count). The van der Waals surface area contributed by atoms with Crippen LogP contribution in [0.3, 0.4) is 0 Å². The molecule has 0 aliphatic rings. The molecule has 4 heterocycles. The normalized spacial score (nSPS) is 13.7. The van der Waals surface area contributed by atoms with Crippen LogP contribution in [-0.2, 0) is 36.2 Å². The molecule has 0 saturated heterocycles. The van der Waals surface area contributed by atoms with Crippen molar-refractivity contribution in [3.63, 3.8) is 0 Å². The summed E-state index contributed by atoms with van der Waals surface area (Å²) in [6.07, 6.45) is 5.41. The van der Waals surface area contributed by atoms with Gasteiger partial charge in [-0.25, -0.2) is 29.9 Å². The highest BCUT2D eigenvalue weighted by atomic mass is 31.1. The van der Waals surface area contributed by atoms with E-state index in [4.69, 9.17) is 30.0 Å². The quantitative estimate of drug-likeness (QED) is 0.210. The van der Waals surface area contributed by atoms with E-state index in [0.717, 1.165) is 0 Å². The lowest BCUT2D eigenvalue weighted by Gasteiger charge is -2.15. The number of ether oxygens (including phenoxy) is 2. The Balaban J connectivity index is 1.14. The summed E-state index contributed by atoms with van der Waals surface area (Å²) < 4.78 is 36.8. The maximum absolute atomic E-state index is 12.0. The van der Waals surface area contributed by atoms with Gasteiger partial charge in [0.05, 0.1) is 38.0 Å². The number of hydrogen-bond donors (Lipinski definition) is 2. The molecule has 0 unspecified atom stereocenters. The molecule has 0 aliphatic carbocycles. The highest BCUT2D eigenvalue weighted by Gasteiger charge is 2.13. The standard InChI is InChI=1S/C18H25N10O5P/c1-11(3-27-7-25-13-15(19)21-5-23-17(13)27)30-9-32-34(29)33-10-31-12(2)4-28-8-26-14-16(20)22-6-24-18(14)28/h5-8,11-12,34H,3-4,9-10H2,1-2H3,(H2,19,21,23)(H2,20,22,24)/t11-,12-/m1/s1. The van der Waals surface area contributed by atoms with Gasteiger partial charge in [-0.3, -0.25) is 13.6 Å². The van der Waals surface area contributed by atoms with Crippen LogP contribution >= 0.6 is 8.25 Å². The van der Waals surface area contributed by atoms with E-state index in [1.165, 1.54) is 12.7 Å². The summed E-state index contributed by atoms with van der Waals surface area (Å²) in [5.41, 5.74) is 13.8. The molecule has 16 heteroatoms. The van der Waals surface area contributed by atoms with Gasteiger partial charge in [0, 0.05) is 0 Å². The van der Waals surface area contributed by atoms with Gasteiger partial charge in [-0.05, 0) is 13.8 Å². The summed E-state index contributed by atoms with van der Waals surface area (Å²) in [6.45, 7) is 4.14. The monoisotopic (exact) mass is 492 g/mol. The van der Waals surface area contributed by atoms with Crippen LogP contribution in [0.2, 0.25) is 0 Å². The van der Waals surface area contributed by atoms with Crippen LogP contribution in [0.15, 0.2) is 25.3 Å². The first-order valence-corrected chi connectivity index (χ1v) is 11.5. The second-order valence-electron chi connectivity index (χ2n) is 7.39. The summed E-state index contributed by atoms with van der Waals surface area (Å²) >= 11 is 0. The third kappa shape index (κ3) is 5.63. The van der Waals surface area contributed by atoms with E-state index < -0.39 is 8.25 Å². The third-order valence-electron chi connectivity index (χ3n) is 4.83. The van der Waals surface area contributed by atoms with Crippen LogP contribution < -0.4 is 11.5 Å². The van der Waals surface area contributed by atoms with Gasteiger partial charge in [-0.1, -0.05) is 0 Å². The largest absolute Gasteiger partial charge is 0.382 e. The summed E-state index contributed by atoms with van der Waals surface area (Å²) in [6, 6.07) is 0. The Morgan fingerprint density at radius 1 is 0.794 bits per heavy atom. The molecule has 182 valence electrons. The van der Waals surface area contributed by atoms with Gasteiger partial charge in [-0.2, -0.15) is 0 Å². The van der Waals surface area contributed by atoms with Gasteiger partial charge in [0.15, 0.2) is 36.5 Å². The van der Waals surface area contributed by atoms with Gasteiger partial charge < -0.3 is 30.1 Å². The highest BCUT2D eigenvalue weighted by molar-refractivity contribution is 7.33. The predicted octanol–water partition coefficient (Wildman–Crippen LogP) is 0.979. The van der Waals surface area contributed by atoms with Gasteiger partial charge in [-0.15, -0.1) is 0 Å². The predicted molar refractivity (Wildman–Crippen MR) is 121 cm³/mol. The van der Waals surface area contributed by atoms with Crippen molar-refractivity contribution in [2.45, 2.75) is 39.1 Å². The fraction of sp³-hybridized carbons (Fsp3) is 0.444. The fourth-order valence-electron chi connectivity index (χ4n) is 3.16. The molecule has 4 aromatic rings. The minimum atomic E-state index is -2.80. The molecular formula is C18H25N10O5P. The molecule has 0 aromatic carbocycles. The Bertz CT molecular complexity index is 1180. The first-order valence-electron chi connectivity index (χ1n) is 10.3. The molecular weight excluding hydrogens is 467 g/mol. The van der Waals surface area contributed by atoms with Crippen molar-refractivity contribution in [2.75, 3.05) is 25.1 Å². The van der Waals surface area contributed by atoms with Crippen molar-refractivity contribution >= 4 is 42.2 Å². The van der Waals surface area contributed by atoms with E-state index in [9.17, 15) is 4.57 Å². The van der Waals surface area contributed by atoms with E-state index in [1.54, 1.807) is 21.8 Å². The van der Waals surface area contributed by atoms with Crippen molar-refractivity contribution in [3.8, 4) is 0 Å². The van der Waals surface area contributed by atoms with E-state index in [-0.39, 0.29) is 25.8 Å². The lowest BCUT2D eigenvalue weighted by molar-refractivity contribution is -0.0597. The van der Waals surface area contributed by atoms with Crippen LogP contribution in [-0.4, -0.2) is 64.8 Å². The number of nitrogen functional groups attached to an aromatic ring is 2. The van der Waals surface area contributed by atoms with Crippen molar-refractivity contribution < 1.29 is 23.1 Å². The molecule has 0 amide bonds. The summed E-state index contributed by atoms with van der Waals surface area (Å²) in [7, 11) is -2.80. The molecule has 0 spiro atoms. The number of nitrogens with two attached hydrogens (primary N) is 2. The Labute approximate surface area is 194 Å². The number of rotatable bonds is 12. The number of nitrogens with zero attached hydrogens (tertiary/aromatic N) is 8. The number of imidazole rings is 2. The average molecular weight is 492 g/mol. The molecule has 4 aromatic heterocycles. The number of fused-ring (bicyclic) bond motifs is 2. The Kier molecular flexibility index (Phi) is 7.59. The lowest BCUT2D eigenvalue weighted by Crippen LogP contribution is -2.18. The molecule has 0 fully saturated rings. The lowest BCUT2D eigenvalue weighted by atomic mass is 10.4. The van der Waals surface area contributed by atoms with Crippen molar-refractivity contribution in [2.24, 2.45) is 0 Å². The molecule has 0 bridgehead atoms. The molecule has 15 nitrogen and oxygen atoms in total. The van der Waals surface area contributed by atoms with Crippen LogP contribution in [0.25, 0.3) is 22.3 Å². The molecule has 0 aliphatic heterocycles. The first kappa shape index (κ1) is 23.9. The fourth-order valence-corrected chi connectivity index (χ4v) is 3.57. The zero-order chi connectivity index (χ0) is 24.1. The molecule has 0 radical (unpaired) electrons. The zero-order valence-corrected chi connectivity index (χ0v) is 19.6. The number of aromatic nitrogens is 8. The van der Waals surface area contributed by atoms with Gasteiger partial charge in [0.1, 0.15) is 23.7 Å². The number of hydrogen-bond acceptors (Lipinski definition) is 13. The van der Waals surface area contributed by atoms with Gasteiger partial charge >= 0.3 is 8.25 Å². The Morgan fingerprint density at radius 2 is 1.24 bits per heavy atom. The SMILES string of the molecule is C[C@H](Cn1cnc2c(N)ncnc21)OCO[PH](=O)OCO[C@H](C)Cn1cnc2c(N)ncnc21. The molecule has 4 N–H and O–H groups in total. The van der Waals surface area contributed by atoms with Crippen molar-refractivity contribution in [3.05, 3.63) is 25.3 Å². The molecule has 0 saturated carbocycles. The second-order valence-corrected chi connectivity index (χ2v) is 8.46. The maximum atomic E-state index is 12.0. The first-order chi connectivity index (χ1) is 16.4. The molecule has 2 atom stereocenters. The topological polar surface area (TPSA) is 193 Å². The summed E-state index contributed by atoms with van der Waals surface area (Å²) in [5, 5.41) is 0. The third-order valence-corrected chi connectivity index (χ3v) is 5.53. The highest BCUT2D eigenvalue weighted by Crippen LogP contribution is 2.24. The van der Waals surface area contributed by atoms with Crippen LogP contribution in [0.4, 0.5) is 11.6 Å². The van der Waals surface area contributed by atoms with Crippen molar-refractivity contribution in [1.29, 1.82) is 0 Å². The second kappa shape index (κ2) is 10.8. The summed E-state index contributed by atoms with van der Waals surface area (Å²) in [5.74, 6) is 0.620. The minimum Gasteiger partial charge on any atom is -0.382 e. The number of anilines is 2. The van der Waals surface area contributed by atoms with E-state index >= 15 is 0 Å². The van der Waals surface area contributed by atoms with E-state index in [1.807, 2.05) is 13.8 Å². The van der Waals surface area contributed by atoms with Gasteiger partial charge in [0.25, 0.3) is 0 Å². The Hall–Kier alpha value is -3.23. The van der Waals surface area contributed by atoms with Crippen molar-refractivity contribution in [1.82, 2.24) is 39.0 Å². The van der Waals surface area contributed by atoms with Crippen LogP contribution in [0.1, 0.15) is 13.8 Å². The molecule has 34 heavy (non-hydrogen) atoms. The smallest absolute Gasteiger partial charge is 0.323 e. The minimum absolute atomic E-state index is 0.208. The maximum Gasteiger partial charge on any atom is 0.323 e. The van der Waals surface area contributed by atoms with Crippen LogP contribution in [0.5, 0.6) is 0 Å².